The van der Waals surface area contributed by atoms with Crippen LogP contribution in [0.15, 0.2) is 12.2 Å². The molecule has 0 atom stereocenters. The van der Waals surface area contributed by atoms with E-state index in [4.69, 9.17) is 5.11 Å². The zero-order chi connectivity index (χ0) is 10.4. The molecule has 0 radical (unpaired) electrons. The topological polar surface area (TPSA) is 35.5 Å². The van der Waals surface area contributed by atoms with Gasteiger partial charge in [-0.15, -0.1) is 0 Å². The number of hydrogen-bond acceptors (Lipinski definition) is 3. The summed E-state index contributed by atoms with van der Waals surface area (Å²) in [6, 6.07) is 0.691. The molecule has 0 aromatic rings. The Morgan fingerprint density at radius 1 is 1.57 bits per heavy atom. The summed E-state index contributed by atoms with van der Waals surface area (Å²) in [5.41, 5.74) is 1.20. The van der Waals surface area contributed by atoms with Crippen LogP contribution >= 0.6 is 0 Å². The van der Waals surface area contributed by atoms with Gasteiger partial charge in [-0.3, -0.25) is 4.90 Å². The number of nitrogens with one attached hydrogen (secondary N) is 1. The molecule has 1 fully saturated rings. The minimum atomic E-state index is 0.253. The van der Waals surface area contributed by atoms with E-state index in [0.717, 1.165) is 19.6 Å². The van der Waals surface area contributed by atoms with Gasteiger partial charge in [0.2, 0.25) is 0 Å². The van der Waals surface area contributed by atoms with Gasteiger partial charge in [0, 0.05) is 25.7 Å². The third-order valence-corrected chi connectivity index (χ3v) is 2.83. The zero-order valence-electron chi connectivity index (χ0n) is 9.13. The molecule has 0 spiro atoms. The minimum absolute atomic E-state index is 0.253. The van der Waals surface area contributed by atoms with Crippen molar-refractivity contribution in [1.82, 2.24) is 10.2 Å². The normalized spacial score (nSPS) is 17.1. The summed E-state index contributed by atoms with van der Waals surface area (Å²) in [4.78, 5) is 2.35. The Bertz CT molecular complexity index is 178. The lowest BCUT2D eigenvalue weighted by molar-refractivity contribution is 0.111. The van der Waals surface area contributed by atoms with Crippen molar-refractivity contribution in [1.29, 1.82) is 0 Å². The van der Waals surface area contributed by atoms with E-state index in [2.05, 4.69) is 16.8 Å². The molecular weight excluding hydrogens is 176 g/mol. The third-order valence-electron chi connectivity index (χ3n) is 2.83. The maximum absolute atomic E-state index is 8.96. The molecule has 0 aliphatic heterocycles. The van der Waals surface area contributed by atoms with Crippen LogP contribution in [0, 0.1) is 0 Å². The van der Waals surface area contributed by atoms with Crippen molar-refractivity contribution in [2.45, 2.75) is 25.3 Å². The third kappa shape index (κ3) is 3.40. The second-order valence-corrected chi connectivity index (χ2v) is 4.06. The highest BCUT2D eigenvalue weighted by Crippen LogP contribution is 2.24. The quantitative estimate of drug-likeness (QED) is 0.588. The molecule has 0 aromatic heterocycles. The molecule has 1 saturated carbocycles. The SMILES string of the molecule is C=C(CNC)CN(CCO)C1CCC1. The molecule has 1 aliphatic rings. The van der Waals surface area contributed by atoms with Crippen molar-refractivity contribution in [2.75, 3.05) is 33.3 Å². The first kappa shape index (κ1) is 11.7. The van der Waals surface area contributed by atoms with E-state index in [1.165, 1.54) is 24.8 Å². The molecule has 0 aromatic carbocycles. The molecule has 1 rings (SSSR count). The highest BCUT2D eigenvalue weighted by Gasteiger charge is 2.24. The largest absolute Gasteiger partial charge is 0.395 e. The summed E-state index contributed by atoms with van der Waals surface area (Å²) in [5.74, 6) is 0. The molecule has 2 N–H and O–H groups in total. The highest BCUT2D eigenvalue weighted by atomic mass is 16.3. The lowest BCUT2D eigenvalue weighted by Gasteiger charge is -2.37. The fourth-order valence-electron chi connectivity index (χ4n) is 1.86. The molecule has 3 heteroatoms. The summed E-state index contributed by atoms with van der Waals surface area (Å²) in [7, 11) is 1.94. The first-order valence-electron chi connectivity index (χ1n) is 5.44. The second-order valence-electron chi connectivity index (χ2n) is 4.06. The molecule has 3 nitrogen and oxygen atoms in total. The Hall–Kier alpha value is -0.380. The zero-order valence-corrected chi connectivity index (χ0v) is 9.13. The number of nitrogens with zero attached hydrogens (tertiary/aromatic N) is 1. The van der Waals surface area contributed by atoms with Gasteiger partial charge in [0.05, 0.1) is 6.61 Å². The molecule has 14 heavy (non-hydrogen) atoms. The molecular formula is C11H22N2O. The average molecular weight is 198 g/mol. The fourth-order valence-corrected chi connectivity index (χ4v) is 1.86. The van der Waals surface area contributed by atoms with Crippen molar-refractivity contribution >= 4 is 0 Å². The Morgan fingerprint density at radius 2 is 2.29 bits per heavy atom. The summed E-state index contributed by atoms with van der Waals surface area (Å²) in [6.45, 7) is 6.85. The number of hydrogen-bond donors (Lipinski definition) is 2. The van der Waals surface area contributed by atoms with Crippen molar-refractivity contribution in [3.8, 4) is 0 Å². The number of aliphatic hydroxyl groups excluding tert-OH is 1. The maximum Gasteiger partial charge on any atom is 0.0558 e. The number of rotatable bonds is 7. The van der Waals surface area contributed by atoms with Crippen LogP contribution in [0.3, 0.4) is 0 Å². The van der Waals surface area contributed by atoms with Crippen LogP contribution < -0.4 is 5.32 Å². The van der Waals surface area contributed by atoms with Gasteiger partial charge in [0.25, 0.3) is 0 Å². The van der Waals surface area contributed by atoms with E-state index in [1.54, 1.807) is 0 Å². The fraction of sp³-hybridized carbons (Fsp3) is 0.818. The Balaban J connectivity index is 2.30. The van der Waals surface area contributed by atoms with E-state index >= 15 is 0 Å². The lowest BCUT2D eigenvalue weighted by atomic mass is 9.91. The van der Waals surface area contributed by atoms with Gasteiger partial charge in [0.1, 0.15) is 0 Å². The predicted molar refractivity (Wildman–Crippen MR) is 59.4 cm³/mol. The Kier molecular flexibility index (Phi) is 5.15. The monoisotopic (exact) mass is 198 g/mol. The molecule has 0 bridgehead atoms. The molecule has 0 heterocycles. The Labute approximate surface area is 86.8 Å². The summed E-state index contributed by atoms with van der Waals surface area (Å²) < 4.78 is 0. The van der Waals surface area contributed by atoms with Crippen molar-refractivity contribution in [3.05, 3.63) is 12.2 Å². The van der Waals surface area contributed by atoms with Crippen molar-refractivity contribution in [3.63, 3.8) is 0 Å². The van der Waals surface area contributed by atoms with Gasteiger partial charge in [-0.05, 0) is 25.5 Å². The van der Waals surface area contributed by atoms with Crippen LogP contribution in [-0.4, -0.2) is 49.3 Å². The molecule has 0 saturated heterocycles. The highest BCUT2D eigenvalue weighted by molar-refractivity contribution is 5.01. The van der Waals surface area contributed by atoms with E-state index in [9.17, 15) is 0 Å². The van der Waals surface area contributed by atoms with Gasteiger partial charge < -0.3 is 10.4 Å². The van der Waals surface area contributed by atoms with Crippen LogP contribution in [0.25, 0.3) is 0 Å². The van der Waals surface area contributed by atoms with Crippen LogP contribution in [0.2, 0.25) is 0 Å². The van der Waals surface area contributed by atoms with E-state index in [1.807, 2.05) is 7.05 Å². The van der Waals surface area contributed by atoms with Crippen molar-refractivity contribution in [2.24, 2.45) is 0 Å². The second kappa shape index (κ2) is 6.17. The van der Waals surface area contributed by atoms with E-state index in [-0.39, 0.29) is 6.61 Å². The van der Waals surface area contributed by atoms with E-state index in [0.29, 0.717) is 6.04 Å². The van der Waals surface area contributed by atoms with E-state index < -0.39 is 0 Å². The smallest absolute Gasteiger partial charge is 0.0558 e. The van der Waals surface area contributed by atoms with Gasteiger partial charge >= 0.3 is 0 Å². The van der Waals surface area contributed by atoms with Gasteiger partial charge in [-0.25, -0.2) is 0 Å². The summed E-state index contributed by atoms with van der Waals surface area (Å²) in [6.07, 6.45) is 3.91. The average Bonchev–Trinajstić information content (AvgIpc) is 2.01. The number of aliphatic hydroxyl groups is 1. The molecule has 0 unspecified atom stereocenters. The first-order valence-corrected chi connectivity index (χ1v) is 5.44. The van der Waals surface area contributed by atoms with Crippen LogP contribution in [-0.2, 0) is 0 Å². The standard InChI is InChI=1S/C11H22N2O/c1-10(8-12-2)9-13(6-7-14)11-4-3-5-11/h11-12,14H,1,3-9H2,2H3. The van der Waals surface area contributed by atoms with Crippen molar-refractivity contribution < 1.29 is 5.11 Å². The summed E-state index contributed by atoms with van der Waals surface area (Å²) in [5, 5.41) is 12.1. The van der Waals surface area contributed by atoms with Crippen LogP contribution in [0.5, 0.6) is 0 Å². The molecule has 0 amide bonds. The predicted octanol–water partition coefficient (Wildman–Crippen LogP) is 0.609. The Morgan fingerprint density at radius 3 is 2.71 bits per heavy atom. The van der Waals surface area contributed by atoms with Crippen LogP contribution in [0.1, 0.15) is 19.3 Å². The number of likely N-dealkylation sites (N-methyl/N-ethyl adjacent to an activating group) is 1. The van der Waals surface area contributed by atoms with Gasteiger partial charge in [-0.1, -0.05) is 13.0 Å². The lowest BCUT2D eigenvalue weighted by Crippen LogP contribution is -2.43. The molecule has 1 aliphatic carbocycles. The summed E-state index contributed by atoms with van der Waals surface area (Å²) >= 11 is 0. The van der Waals surface area contributed by atoms with Crippen LogP contribution in [0.4, 0.5) is 0 Å². The maximum atomic E-state index is 8.96. The van der Waals surface area contributed by atoms with Gasteiger partial charge in [-0.2, -0.15) is 0 Å². The minimum Gasteiger partial charge on any atom is -0.395 e. The first-order chi connectivity index (χ1) is 6.77. The molecule has 82 valence electrons. The van der Waals surface area contributed by atoms with Gasteiger partial charge in [0.15, 0.2) is 0 Å².